The van der Waals surface area contributed by atoms with Gasteiger partial charge in [0.2, 0.25) is 5.91 Å². The Bertz CT molecular complexity index is 173. The summed E-state index contributed by atoms with van der Waals surface area (Å²) in [5.74, 6) is -0.421. The zero-order valence-electron chi connectivity index (χ0n) is 6.53. The predicted octanol–water partition coefficient (Wildman–Crippen LogP) is 1.34. The van der Waals surface area contributed by atoms with Crippen LogP contribution in [0, 0.1) is 0 Å². The van der Waals surface area contributed by atoms with Crippen molar-refractivity contribution in [2.75, 3.05) is 0 Å². The van der Waals surface area contributed by atoms with E-state index in [2.05, 4.69) is 10.0 Å². The molecular weight excluding hydrogens is 144 g/mol. The molecule has 5 nitrogen and oxygen atoms in total. The molecule has 0 bridgehead atoms. The molecule has 0 aromatic carbocycles. The summed E-state index contributed by atoms with van der Waals surface area (Å²) >= 11 is 0. The van der Waals surface area contributed by atoms with Gasteiger partial charge in [0.1, 0.15) is 0 Å². The third-order valence-corrected chi connectivity index (χ3v) is 1.27. The van der Waals surface area contributed by atoms with Crippen LogP contribution < -0.4 is 5.73 Å². The minimum absolute atomic E-state index is 0.151. The Kier molecular flexibility index (Phi) is 4.94. The number of hydrogen-bond acceptors (Lipinski definition) is 2. The smallest absolute Gasteiger partial charge is 0.217 e. The molecule has 0 fully saturated rings. The van der Waals surface area contributed by atoms with Gasteiger partial charge in [-0.25, -0.2) is 0 Å². The lowest BCUT2D eigenvalue weighted by Crippen LogP contribution is -2.18. The Balaban J connectivity index is 3.88. The molecule has 0 radical (unpaired) electrons. The summed E-state index contributed by atoms with van der Waals surface area (Å²) < 4.78 is 0. The second kappa shape index (κ2) is 5.56. The van der Waals surface area contributed by atoms with Crippen LogP contribution in [0.1, 0.15) is 26.2 Å². The first-order valence-electron chi connectivity index (χ1n) is 3.53. The van der Waals surface area contributed by atoms with Crippen LogP contribution in [0.25, 0.3) is 10.4 Å². The normalized spacial score (nSPS) is 11.7. The van der Waals surface area contributed by atoms with Gasteiger partial charge in [0.25, 0.3) is 0 Å². The van der Waals surface area contributed by atoms with E-state index in [-0.39, 0.29) is 12.5 Å². The van der Waals surface area contributed by atoms with Crippen LogP contribution in [0.5, 0.6) is 0 Å². The van der Waals surface area contributed by atoms with Gasteiger partial charge in [-0.1, -0.05) is 18.5 Å². The molecule has 0 aliphatic carbocycles. The molecule has 0 spiro atoms. The van der Waals surface area contributed by atoms with Crippen LogP contribution in [0.3, 0.4) is 0 Å². The van der Waals surface area contributed by atoms with E-state index < -0.39 is 5.91 Å². The molecule has 0 aromatic rings. The third kappa shape index (κ3) is 5.24. The minimum Gasteiger partial charge on any atom is -0.370 e. The van der Waals surface area contributed by atoms with Gasteiger partial charge in [-0.2, -0.15) is 0 Å². The van der Waals surface area contributed by atoms with E-state index in [1.54, 1.807) is 0 Å². The van der Waals surface area contributed by atoms with E-state index in [9.17, 15) is 4.79 Å². The molecule has 0 saturated heterocycles. The van der Waals surface area contributed by atoms with Crippen molar-refractivity contribution in [1.29, 1.82) is 0 Å². The number of nitrogens with two attached hydrogens (primary N) is 1. The van der Waals surface area contributed by atoms with Crippen LogP contribution in [0.15, 0.2) is 5.11 Å². The van der Waals surface area contributed by atoms with Gasteiger partial charge < -0.3 is 5.73 Å². The van der Waals surface area contributed by atoms with Gasteiger partial charge in [-0.15, -0.1) is 0 Å². The average molecular weight is 156 g/mol. The number of amides is 1. The molecule has 62 valence electrons. The highest BCUT2D eigenvalue weighted by Gasteiger charge is 2.07. The maximum Gasteiger partial charge on any atom is 0.217 e. The number of carbonyl (C=O) groups excluding carboxylic acids is 1. The molecule has 1 atom stereocenters. The lowest BCUT2D eigenvalue weighted by molar-refractivity contribution is -0.118. The SMILES string of the molecule is CCCC(CC(N)=O)N=[N+]=[N-]. The highest BCUT2D eigenvalue weighted by atomic mass is 16.1. The zero-order valence-corrected chi connectivity index (χ0v) is 6.53. The number of primary amides is 1. The van der Waals surface area contributed by atoms with Crippen molar-refractivity contribution in [2.24, 2.45) is 10.8 Å². The summed E-state index contributed by atoms with van der Waals surface area (Å²) in [6, 6.07) is -0.262. The van der Waals surface area contributed by atoms with E-state index in [4.69, 9.17) is 11.3 Å². The maximum absolute atomic E-state index is 10.4. The summed E-state index contributed by atoms with van der Waals surface area (Å²) in [5, 5.41) is 3.43. The topological polar surface area (TPSA) is 91.9 Å². The minimum atomic E-state index is -0.421. The molecular formula is C6H12N4O. The third-order valence-electron chi connectivity index (χ3n) is 1.27. The quantitative estimate of drug-likeness (QED) is 0.363. The van der Waals surface area contributed by atoms with Crippen LogP contribution >= 0.6 is 0 Å². The Labute approximate surface area is 65.2 Å². The van der Waals surface area contributed by atoms with E-state index >= 15 is 0 Å². The van der Waals surface area contributed by atoms with Crippen LogP contribution in [0.4, 0.5) is 0 Å². The Morgan fingerprint density at radius 2 is 2.45 bits per heavy atom. The van der Waals surface area contributed by atoms with Crippen LogP contribution in [0.2, 0.25) is 0 Å². The summed E-state index contributed by atoms with van der Waals surface area (Å²) in [4.78, 5) is 13.0. The molecule has 5 heteroatoms. The molecule has 1 unspecified atom stereocenters. The van der Waals surface area contributed by atoms with Crippen LogP contribution in [-0.4, -0.2) is 11.9 Å². The summed E-state index contributed by atoms with van der Waals surface area (Å²) in [6.45, 7) is 1.96. The van der Waals surface area contributed by atoms with E-state index in [1.807, 2.05) is 6.92 Å². The molecule has 1 amide bonds. The summed E-state index contributed by atoms with van der Waals surface area (Å²) in [6.07, 6.45) is 1.75. The monoisotopic (exact) mass is 156 g/mol. The summed E-state index contributed by atoms with van der Waals surface area (Å²) in [7, 11) is 0. The first-order chi connectivity index (χ1) is 5.20. The van der Waals surface area contributed by atoms with E-state index in [0.29, 0.717) is 6.42 Å². The number of carbonyl (C=O) groups is 1. The van der Waals surface area contributed by atoms with Crippen molar-refractivity contribution in [1.82, 2.24) is 0 Å². The van der Waals surface area contributed by atoms with E-state index in [0.717, 1.165) is 6.42 Å². The fourth-order valence-corrected chi connectivity index (χ4v) is 0.839. The second-order valence-electron chi connectivity index (χ2n) is 2.32. The fraction of sp³-hybridized carbons (Fsp3) is 0.833. The van der Waals surface area contributed by atoms with Gasteiger partial charge in [-0.3, -0.25) is 4.79 Å². The molecule has 0 aliphatic heterocycles. The second-order valence-corrected chi connectivity index (χ2v) is 2.32. The highest BCUT2D eigenvalue weighted by molar-refractivity contribution is 5.74. The van der Waals surface area contributed by atoms with E-state index in [1.165, 1.54) is 0 Å². The standard InChI is InChI=1S/C6H12N4O/c1-2-3-5(9-10-8)4-6(7)11/h5H,2-4H2,1H3,(H2,7,11). The first kappa shape index (κ1) is 9.78. The lowest BCUT2D eigenvalue weighted by Gasteiger charge is -2.04. The van der Waals surface area contributed by atoms with Gasteiger partial charge in [0, 0.05) is 17.4 Å². The van der Waals surface area contributed by atoms with Crippen molar-refractivity contribution >= 4 is 5.91 Å². The fourth-order valence-electron chi connectivity index (χ4n) is 0.839. The van der Waals surface area contributed by atoms with Crippen molar-refractivity contribution in [2.45, 2.75) is 32.2 Å². The Morgan fingerprint density at radius 1 is 1.82 bits per heavy atom. The van der Waals surface area contributed by atoms with Gasteiger partial charge >= 0.3 is 0 Å². The molecule has 11 heavy (non-hydrogen) atoms. The molecule has 0 aromatic heterocycles. The number of hydrogen-bond donors (Lipinski definition) is 1. The molecule has 0 saturated carbocycles. The Morgan fingerprint density at radius 3 is 2.82 bits per heavy atom. The lowest BCUT2D eigenvalue weighted by atomic mass is 10.1. The van der Waals surface area contributed by atoms with Crippen molar-refractivity contribution in [3.63, 3.8) is 0 Å². The largest absolute Gasteiger partial charge is 0.370 e. The van der Waals surface area contributed by atoms with Gasteiger partial charge in [0.05, 0.1) is 0 Å². The van der Waals surface area contributed by atoms with Crippen LogP contribution in [-0.2, 0) is 4.79 Å². The zero-order chi connectivity index (χ0) is 8.69. The highest BCUT2D eigenvalue weighted by Crippen LogP contribution is 2.05. The number of rotatable bonds is 5. The molecule has 0 rings (SSSR count). The molecule has 0 heterocycles. The average Bonchev–Trinajstić information content (AvgIpc) is 1.87. The summed E-state index contributed by atoms with van der Waals surface area (Å²) in [5.41, 5.74) is 13.0. The maximum atomic E-state index is 10.4. The van der Waals surface area contributed by atoms with Crippen molar-refractivity contribution in [3.05, 3.63) is 10.4 Å². The van der Waals surface area contributed by atoms with Gasteiger partial charge in [-0.05, 0) is 12.0 Å². The van der Waals surface area contributed by atoms with Crippen molar-refractivity contribution in [3.8, 4) is 0 Å². The van der Waals surface area contributed by atoms with Gasteiger partial charge in [0.15, 0.2) is 0 Å². The first-order valence-corrected chi connectivity index (χ1v) is 3.53. The predicted molar refractivity (Wildman–Crippen MR) is 41.7 cm³/mol. The van der Waals surface area contributed by atoms with Crippen molar-refractivity contribution < 1.29 is 4.79 Å². The number of nitrogens with zero attached hydrogens (tertiary/aromatic N) is 3. The number of azide groups is 1. The molecule has 2 N–H and O–H groups in total. The Hall–Kier alpha value is -1.22. The molecule has 0 aliphatic rings.